The highest BCUT2D eigenvalue weighted by atomic mass is 16.5. The Morgan fingerprint density at radius 2 is 2.12 bits per heavy atom. The molecule has 4 heteroatoms. The van der Waals surface area contributed by atoms with Gasteiger partial charge in [-0.2, -0.15) is 0 Å². The zero-order valence-corrected chi connectivity index (χ0v) is 9.74. The molecule has 1 N–H and O–H groups in total. The van der Waals surface area contributed by atoms with E-state index in [1.54, 1.807) is 0 Å². The summed E-state index contributed by atoms with van der Waals surface area (Å²) in [6, 6.07) is 5.92. The minimum Gasteiger partial charge on any atom is -0.384 e. The molecule has 0 unspecified atom stereocenters. The molecular formula is C13H16N2O2. The van der Waals surface area contributed by atoms with Crippen LogP contribution in [0.1, 0.15) is 15.9 Å². The lowest BCUT2D eigenvalue weighted by Crippen LogP contribution is -2.41. The van der Waals surface area contributed by atoms with Crippen molar-refractivity contribution in [2.75, 3.05) is 38.2 Å². The van der Waals surface area contributed by atoms with Gasteiger partial charge in [0.2, 0.25) is 0 Å². The highest BCUT2D eigenvalue weighted by molar-refractivity contribution is 5.97. The Hall–Kier alpha value is -1.55. The zero-order valence-electron chi connectivity index (χ0n) is 9.74. The van der Waals surface area contributed by atoms with E-state index < -0.39 is 0 Å². The van der Waals surface area contributed by atoms with Gasteiger partial charge in [-0.15, -0.1) is 0 Å². The van der Waals surface area contributed by atoms with Gasteiger partial charge in [-0.25, -0.2) is 0 Å². The van der Waals surface area contributed by atoms with Crippen molar-refractivity contribution in [1.82, 2.24) is 4.90 Å². The van der Waals surface area contributed by atoms with E-state index in [0.717, 1.165) is 24.2 Å². The van der Waals surface area contributed by atoms with Crippen LogP contribution in [0.3, 0.4) is 0 Å². The average Bonchev–Trinajstić information content (AvgIpc) is 2.87. The molecule has 1 saturated heterocycles. The number of fused-ring (bicyclic) bond motifs is 1. The fraction of sp³-hybridized carbons (Fsp3) is 0.462. The molecule has 1 fully saturated rings. The second-order valence-electron chi connectivity index (χ2n) is 4.41. The SMILES string of the molecule is O=C(c1cccc2c1CCN2)N1CCOCC1. The van der Waals surface area contributed by atoms with Crippen LogP contribution in [0.2, 0.25) is 0 Å². The summed E-state index contributed by atoms with van der Waals surface area (Å²) >= 11 is 0. The Bertz CT molecular complexity index is 439. The van der Waals surface area contributed by atoms with Crippen molar-refractivity contribution in [3.05, 3.63) is 29.3 Å². The molecule has 17 heavy (non-hydrogen) atoms. The summed E-state index contributed by atoms with van der Waals surface area (Å²) < 4.78 is 5.27. The summed E-state index contributed by atoms with van der Waals surface area (Å²) in [7, 11) is 0. The third-order valence-corrected chi connectivity index (χ3v) is 3.40. The maximum atomic E-state index is 12.4. The average molecular weight is 232 g/mol. The van der Waals surface area contributed by atoms with Gasteiger partial charge in [0.15, 0.2) is 0 Å². The Kier molecular flexibility index (Phi) is 2.73. The molecule has 0 radical (unpaired) electrons. The van der Waals surface area contributed by atoms with Crippen molar-refractivity contribution >= 4 is 11.6 Å². The topological polar surface area (TPSA) is 41.6 Å². The van der Waals surface area contributed by atoms with Crippen molar-refractivity contribution in [3.63, 3.8) is 0 Å². The van der Waals surface area contributed by atoms with Gasteiger partial charge in [-0.05, 0) is 24.1 Å². The smallest absolute Gasteiger partial charge is 0.254 e. The van der Waals surface area contributed by atoms with Gasteiger partial charge >= 0.3 is 0 Å². The molecule has 4 nitrogen and oxygen atoms in total. The van der Waals surface area contributed by atoms with E-state index in [4.69, 9.17) is 4.74 Å². The maximum Gasteiger partial charge on any atom is 0.254 e. The summed E-state index contributed by atoms with van der Waals surface area (Å²) in [6.07, 6.45) is 0.946. The largest absolute Gasteiger partial charge is 0.384 e. The minimum atomic E-state index is 0.147. The summed E-state index contributed by atoms with van der Waals surface area (Å²) in [6.45, 7) is 3.65. The molecule has 1 amide bonds. The number of hydrogen-bond acceptors (Lipinski definition) is 3. The highest BCUT2D eigenvalue weighted by Crippen LogP contribution is 2.26. The Morgan fingerprint density at radius 3 is 2.94 bits per heavy atom. The summed E-state index contributed by atoms with van der Waals surface area (Å²) in [5.74, 6) is 0.147. The third-order valence-electron chi connectivity index (χ3n) is 3.40. The van der Waals surface area contributed by atoms with E-state index in [1.165, 1.54) is 5.56 Å². The van der Waals surface area contributed by atoms with Crippen LogP contribution in [-0.4, -0.2) is 43.7 Å². The summed E-state index contributed by atoms with van der Waals surface area (Å²) in [5, 5.41) is 3.30. The number of nitrogens with zero attached hydrogens (tertiary/aromatic N) is 1. The van der Waals surface area contributed by atoms with Crippen molar-refractivity contribution < 1.29 is 9.53 Å². The molecule has 0 aromatic heterocycles. The molecular weight excluding hydrogens is 216 g/mol. The van der Waals surface area contributed by atoms with Gasteiger partial charge in [0.25, 0.3) is 5.91 Å². The molecule has 1 aromatic carbocycles. The molecule has 0 saturated carbocycles. The van der Waals surface area contributed by atoms with Crippen LogP contribution in [0.4, 0.5) is 5.69 Å². The summed E-state index contributed by atoms with van der Waals surface area (Å²) in [5.41, 5.74) is 3.14. The van der Waals surface area contributed by atoms with Gasteiger partial charge in [-0.1, -0.05) is 6.07 Å². The number of carbonyl (C=O) groups excluding carboxylic acids is 1. The lowest BCUT2D eigenvalue weighted by molar-refractivity contribution is 0.0302. The number of hydrogen-bond donors (Lipinski definition) is 1. The van der Waals surface area contributed by atoms with Crippen LogP contribution in [0, 0.1) is 0 Å². The maximum absolute atomic E-state index is 12.4. The van der Waals surface area contributed by atoms with Crippen LogP contribution in [0.25, 0.3) is 0 Å². The predicted molar refractivity (Wildman–Crippen MR) is 65.4 cm³/mol. The molecule has 0 bridgehead atoms. The first-order valence-electron chi connectivity index (χ1n) is 6.09. The number of ether oxygens (including phenoxy) is 1. The van der Waals surface area contributed by atoms with Gasteiger partial charge < -0.3 is 15.0 Å². The Labute approximate surface area is 101 Å². The van der Waals surface area contributed by atoms with E-state index in [1.807, 2.05) is 23.1 Å². The minimum absolute atomic E-state index is 0.147. The van der Waals surface area contributed by atoms with Crippen LogP contribution < -0.4 is 5.32 Å². The monoisotopic (exact) mass is 232 g/mol. The van der Waals surface area contributed by atoms with Gasteiger partial charge in [0.05, 0.1) is 13.2 Å². The van der Waals surface area contributed by atoms with E-state index >= 15 is 0 Å². The summed E-state index contributed by atoms with van der Waals surface area (Å²) in [4.78, 5) is 14.3. The number of nitrogens with one attached hydrogen (secondary N) is 1. The number of morpholine rings is 1. The molecule has 0 atom stereocenters. The molecule has 2 aliphatic rings. The van der Waals surface area contributed by atoms with Crippen molar-refractivity contribution in [3.8, 4) is 0 Å². The lowest BCUT2D eigenvalue weighted by Gasteiger charge is -2.27. The highest BCUT2D eigenvalue weighted by Gasteiger charge is 2.23. The van der Waals surface area contributed by atoms with E-state index in [0.29, 0.717) is 26.3 Å². The Morgan fingerprint density at radius 1 is 1.29 bits per heavy atom. The van der Waals surface area contributed by atoms with E-state index in [-0.39, 0.29) is 5.91 Å². The second kappa shape index (κ2) is 4.37. The Balaban J connectivity index is 1.88. The van der Waals surface area contributed by atoms with Crippen molar-refractivity contribution in [1.29, 1.82) is 0 Å². The lowest BCUT2D eigenvalue weighted by atomic mass is 10.0. The normalized spacial score (nSPS) is 18.7. The number of benzene rings is 1. The van der Waals surface area contributed by atoms with Crippen molar-refractivity contribution in [2.45, 2.75) is 6.42 Å². The first kappa shape index (κ1) is 10.6. The van der Waals surface area contributed by atoms with E-state index in [2.05, 4.69) is 5.32 Å². The quantitative estimate of drug-likeness (QED) is 0.789. The molecule has 3 rings (SSSR count). The van der Waals surface area contributed by atoms with E-state index in [9.17, 15) is 4.79 Å². The molecule has 0 spiro atoms. The molecule has 0 aliphatic carbocycles. The number of amides is 1. The third kappa shape index (κ3) is 1.89. The van der Waals surface area contributed by atoms with Crippen LogP contribution in [-0.2, 0) is 11.2 Å². The first-order valence-corrected chi connectivity index (χ1v) is 6.09. The molecule has 1 aromatic rings. The number of rotatable bonds is 1. The molecule has 2 heterocycles. The second-order valence-corrected chi connectivity index (χ2v) is 4.41. The predicted octanol–water partition coefficient (Wildman–Crippen LogP) is 1.13. The van der Waals surface area contributed by atoms with Crippen LogP contribution >= 0.6 is 0 Å². The fourth-order valence-corrected chi connectivity index (χ4v) is 2.48. The standard InChI is InChI=1S/C13H16N2O2/c16-13(15-6-8-17-9-7-15)11-2-1-3-12-10(11)4-5-14-12/h1-3,14H,4-9H2. The number of carbonyl (C=O) groups is 1. The molecule has 90 valence electrons. The van der Waals surface area contributed by atoms with Gasteiger partial charge in [-0.3, -0.25) is 4.79 Å². The fourth-order valence-electron chi connectivity index (χ4n) is 2.48. The van der Waals surface area contributed by atoms with Crippen LogP contribution in [0.5, 0.6) is 0 Å². The first-order chi connectivity index (χ1) is 8.36. The van der Waals surface area contributed by atoms with Crippen LogP contribution in [0.15, 0.2) is 18.2 Å². The van der Waals surface area contributed by atoms with Gasteiger partial charge in [0, 0.05) is 30.9 Å². The molecule has 2 aliphatic heterocycles. The zero-order chi connectivity index (χ0) is 11.7. The number of anilines is 1. The van der Waals surface area contributed by atoms with Crippen molar-refractivity contribution in [2.24, 2.45) is 0 Å². The van der Waals surface area contributed by atoms with Gasteiger partial charge in [0.1, 0.15) is 0 Å².